The molecule has 12 heavy (non-hydrogen) atoms. The van der Waals surface area contributed by atoms with Crippen molar-refractivity contribution in [1.29, 1.82) is 5.26 Å². The average molecular weight is 159 g/mol. The molecule has 3 nitrogen and oxygen atoms in total. The fourth-order valence-corrected chi connectivity index (χ4v) is 0.792. The van der Waals surface area contributed by atoms with Gasteiger partial charge in [0.15, 0.2) is 0 Å². The van der Waals surface area contributed by atoms with E-state index < -0.39 is 0 Å². The number of nitrogen functional groups attached to an aromatic ring is 1. The van der Waals surface area contributed by atoms with Crippen LogP contribution >= 0.6 is 0 Å². The van der Waals surface area contributed by atoms with Crippen LogP contribution in [0.4, 0.5) is 5.69 Å². The first-order valence-corrected chi connectivity index (χ1v) is 3.58. The molecule has 0 saturated carbocycles. The van der Waals surface area contributed by atoms with Gasteiger partial charge in [-0.05, 0) is 18.2 Å². The first kappa shape index (κ1) is 8.28. The summed E-state index contributed by atoms with van der Waals surface area (Å²) in [5.41, 5.74) is 6.95. The Morgan fingerprint density at radius 1 is 1.67 bits per heavy atom. The van der Waals surface area contributed by atoms with Crippen LogP contribution in [0.1, 0.15) is 12.1 Å². The maximum atomic E-state index is 8.26. The number of pyridine rings is 1. The summed E-state index contributed by atoms with van der Waals surface area (Å²) in [7, 11) is 0. The van der Waals surface area contributed by atoms with E-state index >= 15 is 0 Å². The molecule has 0 radical (unpaired) electrons. The summed E-state index contributed by atoms with van der Waals surface area (Å²) in [6.07, 6.45) is 5.54. The standard InChI is InChI=1S/C9H9N3/c10-6-2-1-5-9-8(11)4-3-7-12-9/h1,3-5,7H,2,11H2. The van der Waals surface area contributed by atoms with Crippen LogP contribution in [0.25, 0.3) is 6.08 Å². The summed E-state index contributed by atoms with van der Waals surface area (Å²) < 4.78 is 0. The third kappa shape index (κ3) is 2.10. The molecule has 0 aromatic carbocycles. The Kier molecular flexibility index (Phi) is 2.86. The van der Waals surface area contributed by atoms with Gasteiger partial charge in [0.05, 0.1) is 23.9 Å². The first-order valence-electron chi connectivity index (χ1n) is 3.58. The van der Waals surface area contributed by atoms with Crippen molar-refractivity contribution in [3.63, 3.8) is 0 Å². The normalized spacial score (nSPS) is 9.92. The minimum atomic E-state index is 0.385. The summed E-state index contributed by atoms with van der Waals surface area (Å²) in [5.74, 6) is 0. The van der Waals surface area contributed by atoms with E-state index in [0.29, 0.717) is 17.8 Å². The van der Waals surface area contributed by atoms with Crippen molar-refractivity contribution < 1.29 is 0 Å². The van der Waals surface area contributed by atoms with Crippen LogP contribution in [0.5, 0.6) is 0 Å². The Morgan fingerprint density at radius 2 is 2.50 bits per heavy atom. The molecule has 0 aliphatic rings. The third-order valence-corrected chi connectivity index (χ3v) is 1.36. The summed E-state index contributed by atoms with van der Waals surface area (Å²) in [6, 6.07) is 5.55. The number of allylic oxidation sites excluding steroid dienone is 1. The Hall–Kier alpha value is -1.82. The molecule has 3 heteroatoms. The Bertz CT molecular complexity index is 323. The van der Waals surface area contributed by atoms with E-state index in [4.69, 9.17) is 11.0 Å². The van der Waals surface area contributed by atoms with Crippen LogP contribution in [0.3, 0.4) is 0 Å². The van der Waals surface area contributed by atoms with E-state index in [2.05, 4.69) is 4.98 Å². The van der Waals surface area contributed by atoms with Gasteiger partial charge in [-0.3, -0.25) is 4.98 Å². The monoisotopic (exact) mass is 159 g/mol. The highest BCUT2D eigenvalue weighted by molar-refractivity contribution is 5.60. The lowest BCUT2D eigenvalue weighted by molar-refractivity contribution is 1.29. The molecule has 0 atom stereocenters. The highest BCUT2D eigenvalue weighted by Crippen LogP contribution is 2.08. The zero-order valence-electron chi connectivity index (χ0n) is 6.57. The smallest absolute Gasteiger partial charge is 0.0856 e. The van der Waals surface area contributed by atoms with E-state index in [0.717, 1.165) is 0 Å². The fraction of sp³-hybridized carbons (Fsp3) is 0.111. The Labute approximate surface area is 71.2 Å². The summed E-state index contributed by atoms with van der Waals surface area (Å²) >= 11 is 0. The topological polar surface area (TPSA) is 62.7 Å². The molecule has 0 amide bonds. The summed E-state index contributed by atoms with van der Waals surface area (Å²) in [4.78, 5) is 4.03. The van der Waals surface area contributed by atoms with Crippen LogP contribution < -0.4 is 5.73 Å². The van der Waals surface area contributed by atoms with E-state index in [9.17, 15) is 0 Å². The molecule has 60 valence electrons. The van der Waals surface area contributed by atoms with Crippen molar-refractivity contribution in [2.45, 2.75) is 6.42 Å². The lowest BCUT2D eigenvalue weighted by Crippen LogP contribution is -1.90. The SMILES string of the molecule is N#CCC=Cc1ncccc1N. The van der Waals surface area contributed by atoms with Crippen LogP contribution in [-0.2, 0) is 0 Å². The second kappa shape index (κ2) is 4.14. The molecule has 0 saturated heterocycles. The van der Waals surface area contributed by atoms with E-state index in [1.54, 1.807) is 30.5 Å². The second-order valence-electron chi connectivity index (χ2n) is 2.24. The number of hydrogen-bond donors (Lipinski definition) is 1. The molecular formula is C9H9N3. The predicted octanol–water partition coefficient (Wildman–Crippen LogP) is 1.59. The largest absolute Gasteiger partial charge is 0.397 e. The lowest BCUT2D eigenvalue weighted by Gasteiger charge is -1.95. The number of nitrogens with zero attached hydrogens (tertiary/aromatic N) is 2. The van der Waals surface area contributed by atoms with Gasteiger partial charge >= 0.3 is 0 Å². The molecule has 0 fully saturated rings. The molecule has 1 heterocycles. The average Bonchev–Trinajstić information content (AvgIpc) is 2.09. The number of nitriles is 1. The molecule has 1 rings (SSSR count). The van der Waals surface area contributed by atoms with Crippen molar-refractivity contribution in [2.75, 3.05) is 5.73 Å². The lowest BCUT2D eigenvalue weighted by atomic mass is 10.2. The molecule has 0 aliphatic heterocycles. The minimum absolute atomic E-state index is 0.385. The van der Waals surface area contributed by atoms with Gasteiger partial charge in [0, 0.05) is 6.20 Å². The highest BCUT2D eigenvalue weighted by atomic mass is 14.7. The van der Waals surface area contributed by atoms with Gasteiger partial charge in [0.2, 0.25) is 0 Å². The maximum absolute atomic E-state index is 8.26. The maximum Gasteiger partial charge on any atom is 0.0856 e. The van der Waals surface area contributed by atoms with Gasteiger partial charge in [0.25, 0.3) is 0 Å². The fourth-order valence-electron chi connectivity index (χ4n) is 0.792. The number of nitrogens with two attached hydrogens (primary N) is 1. The predicted molar refractivity (Wildman–Crippen MR) is 47.9 cm³/mol. The number of hydrogen-bond acceptors (Lipinski definition) is 3. The highest BCUT2D eigenvalue weighted by Gasteiger charge is 1.91. The van der Waals surface area contributed by atoms with Gasteiger partial charge in [-0.1, -0.05) is 6.08 Å². The van der Waals surface area contributed by atoms with Crippen LogP contribution in [0, 0.1) is 11.3 Å². The van der Waals surface area contributed by atoms with E-state index in [1.807, 2.05) is 6.07 Å². The van der Waals surface area contributed by atoms with Crippen LogP contribution in [0.15, 0.2) is 24.4 Å². The molecule has 0 unspecified atom stereocenters. The van der Waals surface area contributed by atoms with Gasteiger partial charge in [-0.25, -0.2) is 0 Å². The van der Waals surface area contributed by atoms with E-state index in [1.165, 1.54) is 0 Å². The Morgan fingerprint density at radius 3 is 3.17 bits per heavy atom. The van der Waals surface area contributed by atoms with Crippen molar-refractivity contribution in [3.05, 3.63) is 30.1 Å². The van der Waals surface area contributed by atoms with Crippen molar-refractivity contribution in [3.8, 4) is 6.07 Å². The summed E-state index contributed by atoms with van der Waals surface area (Å²) in [6.45, 7) is 0. The van der Waals surface area contributed by atoms with Crippen LogP contribution in [-0.4, -0.2) is 4.98 Å². The zero-order chi connectivity index (χ0) is 8.81. The molecular weight excluding hydrogens is 150 g/mol. The van der Waals surface area contributed by atoms with Gasteiger partial charge in [0.1, 0.15) is 0 Å². The Balaban J connectivity index is 2.77. The quantitative estimate of drug-likeness (QED) is 0.712. The number of rotatable bonds is 2. The first-order chi connectivity index (χ1) is 5.84. The summed E-state index contributed by atoms with van der Waals surface area (Å²) in [5, 5.41) is 8.26. The molecule has 0 spiro atoms. The molecule has 0 bridgehead atoms. The van der Waals surface area contributed by atoms with Gasteiger partial charge in [-0.15, -0.1) is 0 Å². The van der Waals surface area contributed by atoms with Crippen molar-refractivity contribution >= 4 is 11.8 Å². The second-order valence-corrected chi connectivity index (χ2v) is 2.24. The third-order valence-electron chi connectivity index (χ3n) is 1.36. The number of anilines is 1. The minimum Gasteiger partial charge on any atom is -0.397 e. The van der Waals surface area contributed by atoms with E-state index in [-0.39, 0.29) is 0 Å². The zero-order valence-corrected chi connectivity index (χ0v) is 6.57. The van der Waals surface area contributed by atoms with Crippen molar-refractivity contribution in [2.24, 2.45) is 0 Å². The van der Waals surface area contributed by atoms with Gasteiger partial charge in [-0.2, -0.15) is 5.26 Å². The molecule has 2 N–H and O–H groups in total. The van der Waals surface area contributed by atoms with Crippen LogP contribution in [0.2, 0.25) is 0 Å². The molecule has 1 aromatic heterocycles. The molecule has 1 aromatic rings. The molecule has 0 aliphatic carbocycles. The van der Waals surface area contributed by atoms with Crippen molar-refractivity contribution in [1.82, 2.24) is 4.98 Å². The van der Waals surface area contributed by atoms with Gasteiger partial charge < -0.3 is 5.73 Å². The number of aromatic nitrogens is 1.